The van der Waals surface area contributed by atoms with Gasteiger partial charge in [0.1, 0.15) is 5.75 Å². The van der Waals surface area contributed by atoms with Crippen molar-refractivity contribution in [1.29, 1.82) is 0 Å². The Kier molecular flexibility index (Phi) is 7.50. The average molecular weight is 398 g/mol. The maximum absolute atomic E-state index is 12.8. The molecular formula is C24H31NO4. The highest BCUT2D eigenvalue weighted by molar-refractivity contribution is 5.89. The predicted octanol–water partition coefficient (Wildman–Crippen LogP) is 4.92. The Labute approximate surface area is 172 Å². The molecule has 0 aromatic heterocycles. The van der Waals surface area contributed by atoms with Crippen LogP contribution in [0.3, 0.4) is 0 Å². The van der Waals surface area contributed by atoms with Crippen LogP contribution in [0.5, 0.6) is 5.75 Å². The third-order valence-corrected chi connectivity index (χ3v) is 5.86. The summed E-state index contributed by atoms with van der Waals surface area (Å²) in [6.45, 7) is 3.15. The third kappa shape index (κ3) is 5.28. The molecule has 0 heterocycles. The Bertz CT molecular complexity index is 848. The Morgan fingerprint density at radius 2 is 1.83 bits per heavy atom. The number of rotatable bonds is 9. The highest BCUT2D eigenvalue weighted by atomic mass is 16.5. The molecule has 1 fully saturated rings. The van der Waals surface area contributed by atoms with Crippen LogP contribution in [-0.4, -0.2) is 23.6 Å². The molecule has 0 aliphatic heterocycles. The molecule has 0 spiro atoms. The second-order valence-electron chi connectivity index (χ2n) is 7.87. The van der Waals surface area contributed by atoms with Gasteiger partial charge in [0.25, 0.3) is 0 Å². The first-order valence-corrected chi connectivity index (χ1v) is 10.8. The first-order chi connectivity index (χ1) is 14.1. The fourth-order valence-corrected chi connectivity index (χ4v) is 4.21. The summed E-state index contributed by atoms with van der Waals surface area (Å²) in [6.07, 6.45) is 6.25. The summed E-state index contributed by atoms with van der Waals surface area (Å²) in [7, 11) is 0. The quantitative estimate of drug-likeness (QED) is 0.589. The minimum atomic E-state index is -0.866. The molecule has 1 aliphatic carbocycles. The SMILES string of the molecule is CCCCCOc1ccc2ccccc2c1CNC(=O)C1CCCCC1C(=O)O. The van der Waals surface area contributed by atoms with Gasteiger partial charge in [-0.25, -0.2) is 0 Å². The first kappa shape index (κ1) is 21.2. The van der Waals surface area contributed by atoms with Crippen LogP contribution in [-0.2, 0) is 16.1 Å². The van der Waals surface area contributed by atoms with Crippen LogP contribution < -0.4 is 10.1 Å². The number of ether oxygens (including phenoxy) is 1. The number of unbranched alkanes of at least 4 members (excludes halogenated alkanes) is 2. The largest absolute Gasteiger partial charge is 0.493 e. The molecule has 2 N–H and O–H groups in total. The fraction of sp³-hybridized carbons (Fsp3) is 0.500. The van der Waals surface area contributed by atoms with Crippen molar-refractivity contribution in [3.05, 3.63) is 42.0 Å². The molecule has 1 amide bonds. The summed E-state index contributed by atoms with van der Waals surface area (Å²) in [5.41, 5.74) is 0.954. The van der Waals surface area contributed by atoms with Crippen LogP contribution in [0.4, 0.5) is 0 Å². The number of carboxylic acid groups (broad SMARTS) is 1. The monoisotopic (exact) mass is 397 g/mol. The van der Waals surface area contributed by atoms with Gasteiger partial charge in [0.05, 0.1) is 18.4 Å². The molecule has 2 aromatic rings. The molecule has 0 saturated heterocycles. The number of benzene rings is 2. The number of carbonyl (C=O) groups is 2. The maximum Gasteiger partial charge on any atom is 0.307 e. The van der Waals surface area contributed by atoms with E-state index in [1.165, 1.54) is 0 Å². The second kappa shape index (κ2) is 10.3. The summed E-state index contributed by atoms with van der Waals surface area (Å²) >= 11 is 0. The summed E-state index contributed by atoms with van der Waals surface area (Å²) < 4.78 is 6.04. The van der Waals surface area contributed by atoms with Gasteiger partial charge >= 0.3 is 5.97 Å². The van der Waals surface area contributed by atoms with E-state index in [4.69, 9.17) is 4.74 Å². The highest BCUT2D eigenvalue weighted by Crippen LogP contribution is 2.32. The zero-order chi connectivity index (χ0) is 20.6. The van der Waals surface area contributed by atoms with Gasteiger partial charge in [0.2, 0.25) is 5.91 Å². The molecule has 2 aromatic carbocycles. The number of carbonyl (C=O) groups excluding carboxylic acids is 1. The average Bonchev–Trinajstić information content (AvgIpc) is 2.75. The molecule has 2 unspecified atom stereocenters. The van der Waals surface area contributed by atoms with Crippen molar-refractivity contribution >= 4 is 22.6 Å². The van der Waals surface area contributed by atoms with Crippen molar-refractivity contribution in [2.75, 3.05) is 6.61 Å². The van der Waals surface area contributed by atoms with Crippen LogP contribution >= 0.6 is 0 Å². The molecule has 1 saturated carbocycles. The lowest BCUT2D eigenvalue weighted by atomic mass is 9.78. The van der Waals surface area contributed by atoms with E-state index in [2.05, 4.69) is 12.2 Å². The van der Waals surface area contributed by atoms with Gasteiger partial charge in [-0.3, -0.25) is 9.59 Å². The molecular weight excluding hydrogens is 366 g/mol. The second-order valence-corrected chi connectivity index (χ2v) is 7.87. The molecule has 0 radical (unpaired) electrons. The predicted molar refractivity (Wildman–Crippen MR) is 114 cm³/mol. The number of hydrogen-bond donors (Lipinski definition) is 2. The lowest BCUT2D eigenvalue weighted by Gasteiger charge is -2.27. The van der Waals surface area contributed by atoms with Gasteiger partial charge in [-0.05, 0) is 36.1 Å². The van der Waals surface area contributed by atoms with Gasteiger partial charge < -0.3 is 15.2 Å². The Hall–Kier alpha value is -2.56. The summed E-state index contributed by atoms with van der Waals surface area (Å²) in [5.74, 6) is -1.28. The minimum absolute atomic E-state index is 0.165. The number of hydrogen-bond acceptors (Lipinski definition) is 3. The van der Waals surface area contributed by atoms with Crippen molar-refractivity contribution in [3.8, 4) is 5.75 Å². The zero-order valence-electron chi connectivity index (χ0n) is 17.2. The van der Waals surface area contributed by atoms with Crippen LogP contribution in [0.15, 0.2) is 36.4 Å². The standard InChI is InChI=1S/C24H31NO4/c1-2-3-8-15-29-22-14-13-17-9-4-5-10-18(17)21(22)16-25-23(26)19-11-6-7-12-20(19)24(27)28/h4-5,9-10,13-14,19-20H,2-3,6-8,11-12,15-16H2,1H3,(H,25,26)(H,27,28). The van der Waals surface area contributed by atoms with Gasteiger partial charge in [-0.2, -0.15) is 0 Å². The Balaban J connectivity index is 1.76. The summed E-state index contributed by atoms with van der Waals surface area (Å²) in [5, 5.41) is 14.6. The van der Waals surface area contributed by atoms with Crippen molar-refractivity contribution in [2.24, 2.45) is 11.8 Å². The normalized spacial score (nSPS) is 19.1. The maximum atomic E-state index is 12.8. The van der Waals surface area contributed by atoms with Crippen LogP contribution in [0.1, 0.15) is 57.4 Å². The van der Waals surface area contributed by atoms with Crippen molar-refractivity contribution < 1.29 is 19.4 Å². The lowest BCUT2D eigenvalue weighted by Crippen LogP contribution is -2.39. The van der Waals surface area contributed by atoms with E-state index < -0.39 is 17.8 Å². The molecule has 156 valence electrons. The van der Waals surface area contributed by atoms with E-state index in [-0.39, 0.29) is 5.91 Å². The van der Waals surface area contributed by atoms with E-state index in [0.29, 0.717) is 26.0 Å². The molecule has 29 heavy (non-hydrogen) atoms. The number of aliphatic carboxylic acids is 1. The van der Waals surface area contributed by atoms with E-state index in [1.807, 2.05) is 36.4 Å². The van der Waals surface area contributed by atoms with Crippen molar-refractivity contribution in [2.45, 2.75) is 58.4 Å². The van der Waals surface area contributed by atoms with Gasteiger partial charge in [-0.15, -0.1) is 0 Å². The van der Waals surface area contributed by atoms with Crippen LogP contribution in [0.25, 0.3) is 10.8 Å². The minimum Gasteiger partial charge on any atom is -0.493 e. The summed E-state index contributed by atoms with van der Waals surface area (Å²) in [4.78, 5) is 24.4. The lowest BCUT2D eigenvalue weighted by molar-refractivity contribution is -0.148. The van der Waals surface area contributed by atoms with Gasteiger partial charge in [0.15, 0.2) is 0 Å². The summed E-state index contributed by atoms with van der Waals surface area (Å²) in [6, 6.07) is 12.1. The molecule has 0 bridgehead atoms. The number of nitrogens with one attached hydrogen (secondary N) is 1. The highest BCUT2D eigenvalue weighted by Gasteiger charge is 2.35. The molecule has 3 rings (SSSR count). The third-order valence-electron chi connectivity index (χ3n) is 5.86. The van der Waals surface area contributed by atoms with E-state index in [0.717, 1.165) is 54.2 Å². The van der Waals surface area contributed by atoms with Crippen LogP contribution in [0, 0.1) is 11.8 Å². The van der Waals surface area contributed by atoms with Crippen LogP contribution in [0.2, 0.25) is 0 Å². The van der Waals surface area contributed by atoms with E-state index in [9.17, 15) is 14.7 Å². The molecule has 2 atom stereocenters. The first-order valence-electron chi connectivity index (χ1n) is 10.8. The van der Waals surface area contributed by atoms with E-state index >= 15 is 0 Å². The number of fused-ring (bicyclic) bond motifs is 1. The van der Waals surface area contributed by atoms with Gasteiger partial charge in [-0.1, -0.05) is 62.9 Å². The number of carboxylic acids is 1. The zero-order valence-corrected chi connectivity index (χ0v) is 17.2. The fourth-order valence-electron chi connectivity index (χ4n) is 4.21. The van der Waals surface area contributed by atoms with E-state index in [1.54, 1.807) is 0 Å². The Morgan fingerprint density at radius 1 is 1.07 bits per heavy atom. The number of amides is 1. The Morgan fingerprint density at radius 3 is 2.59 bits per heavy atom. The topological polar surface area (TPSA) is 75.6 Å². The smallest absolute Gasteiger partial charge is 0.307 e. The molecule has 5 nitrogen and oxygen atoms in total. The molecule has 1 aliphatic rings. The molecule has 5 heteroatoms. The van der Waals surface area contributed by atoms with Crippen molar-refractivity contribution in [1.82, 2.24) is 5.32 Å². The van der Waals surface area contributed by atoms with Gasteiger partial charge in [0, 0.05) is 12.1 Å². The van der Waals surface area contributed by atoms with Crippen molar-refractivity contribution in [3.63, 3.8) is 0 Å².